The average Bonchev–Trinajstić information content (AvgIpc) is 0.839. The third kappa shape index (κ3) is 13.2. The first-order valence-corrected chi connectivity index (χ1v) is 34.5. The van der Waals surface area contributed by atoms with E-state index in [0.29, 0.717) is 38.5 Å². The summed E-state index contributed by atoms with van der Waals surface area (Å²) in [6, 6.07) is 0. The van der Waals surface area contributed by atoms with Gasteiger partial charge < -0.3 is 148 Å². The standard InChI is InChI=1S/C66H104O33/c1-24-47(94-54-43(80)36(73)29(71)22-87-54)42(79)46(83)55(88-24)98-52-51(97-56-44(81)38(75)31(21-68)92-56)48(90-26(3)70)25(2)89-59(52)99-60(86)66-17-16-61(4,5)18-28(66)27-10-11-33-62(6)14-13-35(63(7,23-69)32(62)12-15-64(33,8)65(27,9)19-34(66)72)93-58-50(41(78)40(77)49(95-58)53(84)85)96-57-45(82)39(76)37(74)30(20-67)91-57/h10,24-25,28-52,54-59,67-69,71-83H,11-23H2,1-9H3,(H,84,85). The van der Waals surface area contributed by atoms with Crippen molar-refractivity contribution in [2.24, 2.45) is 50.2 Å². The fourth-order valence-electron chi connectivity index (χ4n) is 19.3. The highest BCUT2D eigenvalue weighted by molar-refractivity contribution is 5.80. The number of aliphatic hydroxyl groups excluding tert-OH is 16. The van der Waals surface area contributed by atoms with Crippen molar-refractivity contribution in [3.8, 4) is 0 Å². The molecule has 17 N–H and O–H groups in total. The van der Waals surface area contributed by atoms with Crippen molar-refractivity contribution >= 4 is 17.9 Å². The van der Waals surface area contributed by atoms with Crippen LogP contribution in [0.1, 0.15) is 120 Å². The molecule has 0 aromatic heterocycles. The summed E-state index contributed by atoms with van der Waals surface area (Å²) in [6.45, 7) is 13.9. The van der Waals surface area contributed by atoms with Crippen molar-refractivity contribution in [1.29, 1.82) is 0 Å². The van der Waals surface area contributed by atoms with E-state index >= 15 is 4.79 Å². The Balaban J connectivity index is 0.889. The molecule has 33 nitrogen and oxygen atoms in total. The predicted molar refractivity (Wildman–Crippen MR) is 326 cm³/mol. The van der Waals surface area contributed by atoms with Gasteiger partial charge in [-0.25, -0.2) is 4.79 Å². The monoisotopic (exact) mass is 1420 g/mol. The number of ether oxygens (including phenoxy) is 13. The number of carboxylic acid groups (broad SMARTS) is 1. The lowest BCUT2D eigenvalue weighted by molar-refractivity contribution is -0.382. The van der Waals surface area contributed by atoms with Gasteiger partial charge in [0.25, 0.3) is 0 Å². The van der Waals surface area contributed by atoms with Crippen LogP contribution in [0.15, 0.2) is 11.6 Å². The van der Waals surface area contributed by atoms with Crippen LogP contribution in [0.3, 0.4) is 0 Å². The SMILES string of the molecule is CC(=O)OC1C(C)OC(OC(=O)C23CCC(C)(C)CC2C2=CCC4C5(C)CCC(OC6OC(C(=O)O)C(O)C(O)C6OC6OC(CO)C(O)C(O)C6O)C(C)(CO)C5CCC4(C)C2(C)CC3O)C(OC2OC(C)C(OC3OCC(O)C(O)C3O)C(O)C2O)C1OC1OC(CO)C(O)C1O. The van der Waals surface area contributed by atoms with Crippen molar-refractivity contribution in [3.05, 3.63) is 11.6 Å². The van der Waals surface area contributed by atoms with Gasteiger partial charge in [0.05, 0.1) is 50.8 Å². The summed E-state index contributed by atoms with van der Waals surface area (Å²) in [5.41, 5.74) is -4.36. The summed E-state index contributed by atoms with van der Waals surface area (Å²) in [4.78, 5) is 41.6. The molecular formula is C66H104O33. The van der Waals surface area contributed by atoms with Crippen LogP contribution in [-0.4, -0.2) is 315 Å². The van der Waals surface area contributed by atoms with Gasteiger partial charge in [0.15, 0.2) is 49.8 Å². The molecular weight excluding hydrogens is 1320 g/mol. The summed E-state index contributed by atoms with van der Waals surface area (Å²) >= 11 is 0. The molecule has 33 heteroatoms. The molecule has 10 fully saturated rings. The molecule has 5 aliphatic carbocycles. The summed E-state index contributed by atoms with van der Waals surface area (Å²) in [6.07, 6.45) is -46.1. The Bertz CT molecular complexity index is 2890. The number of rotatable bonds is 17. The van der Waals surface area contributed by atoms with Crippen LogP contribution in [-0.2, 0) is 76.0 Å². The van der Waals surface area contributed by atoms with Crippen molar-refractivity contribution in [2.45, 2.75) is 304 Å². The van der Waals surface area contributed by atoms with Crippen LogP contribution in [0.4, 0.5) is 0 Å². The Labute approximate surface area is 571 Å². The van der Waals surface area contributed by atoms with E-state index in [9.17, 15) is 96.4 Å². The maximum atomic E-state index is 16.1. The second kappa shape index (κ2) is 28.7. The average molecular weight is 1430 g/mol. The molecule has 11 aliphatic rings. The number of fused-ring (bicyclic) bond motifs is 7. The number of carbonyl (C=O) groups is 3. The molecule has 6 saturated heterocycles. The molecule has 0 radical (unpaired) electrons. The molecule has 0 spiro atoms. The first kappa shape index (κ1) is 77.2. The minimum Gasteiger partial charge on any atom is -0.479 e. The zero-order valence-corrected chi connectivity index (χ0v) is 57.0. The molecule has 6 aliphatic heterocycles. The van der Waals surface area contributed by atoms with E-state index in [1.165, 1.54) is 13.8 Å². The lowest BCUT2D eigenvalue weighted by atomic mass is 9.33. The molecule has 6 heterocycles. The molecule has 0 bridgehead atoms. The van der Waals surface area contributed by atoms with Crippen LogP contribution in [0, 0.1) is 50.2 Å². The molecule has 11 rings (SSSR count). The number of aliphatic carboxylic acids is 1. The van der Waals surface area contributed by atoms with E-state index in [4.69, 9.17) is 61.6 Å². The molecule has 566 valence electrons. The first-order chi connectivity index (χ1) is 46.4. The third-order valence-corrected chi connectivity index (χ3v) is 25.2. The van der Waals surface area contributed by atoms with Crippen LogP contribution < -0.4 is 0 Å². The lowest BCUT2D eigenvalue weighted by Gasteiger charge is -2.72. The Morgan fingerprint density at radius 3 is 1.71 bits per heavy atom. The Hall–Kier alpha value is -2.93. The Morgan fingerprint density at radius 1 is 0.525 bits per heavy atom. The van der Waals surface area contributed by atoms with Crippen LogP contribution in [0.2, 0.25) is 0 Å². The van der Waals surface area contributed by atoms with Gasteiger partial charge in [0.2, 0.25) is 6.29 Å². The highest BCUT2D eigenvalue weighted by Crippen LogP contribution is 2.76. The quantitative estimate of drug-likeness (QED) is 0.0371. The molecule has 0 amide bonds. The smallest absolute Gasteiger partial charge is 0.335 e. The molecule has 0 aromatic carbocycles. The first-order valence-electron chi connectivity index (χ1n) is 34.5. The van der Waals surface area contributed by atoms with Gasteiger partial charge in [-0.05, 0) is 111 Å². The third-order valence-electron chi connectivity index (χ3n) is 25.2. The van der Waals surface area contributed by atoms with E-state index in [-0.39, 0.29) is 31.1 Å². The topological polar surface area (TPSA) is 515 Å². The van der Waals surface area contributed by atoms with Crippen LogP contribution in [0.25, 0.3) is 0 Å². The largest absolute Gasteiger partial charge is 0.479 e. The van der Waals surface area contributed by atoms with Crippen molar-refractivity contribution < 1.29 is 163 Å². The van der Waals surface area contributed by atoms with Gasteiger partial charge in [0.1, 0.15) is 109 Å². The number of carboxylic acids is 1. The Morgan fingerprint density at radius 2 is 1.08 bits per heavy atom. The van der Waals surface area contributed by atoms with E-state index in [1.54, 1.807) is 0 Å². The highest BCUT2D eigenvalue weighted by atomic mass is 16.8. The van der Waals surface area contributed by atoms with Crippen molar-refractivity contribution in [1.82, 2.24) is 0 Å². The summed E-state index contributed by atoms with van der Waals surface area (Å²) in [5.74, 6) is -4.62. The van der Waals surface area contributed by atoms with Gasteiger partial charge in [-0.3, -0.25) is 9.59 Å². The van der Waals surface area contributed by atoms with E-state index in [0.717, 1.165) is 12.5 Å². The predicted octanol–water partition coefficient (Wildman–Crippen LogP) is -4.45. The second-order valence-corrected chi connectivity index (χ2v) is 31.5. The molecule has 99 heavy (non-hydrogen) atoms. The van der Waals surface area contributed by atoms with Crippen molar-refractivity contribution in [3.63, 3.8) is 0 Å². The van der Waals surface area contributed by atoms with Crippen LogP contribution >= 0.6 is 0 Å². The minimum absolute atomic E-state index is 0.0480. The highest BCUT2D eigenvalue weighted by Gasteiger charge is 2.73. The molecule has 38 unspecified atom stereocenters. The van der Waals surface area contributed by atoms with Gasteiger partial charge in [0, 0.05) is 12.3 Å². The lowest BCUT2D eigenvalue weighted by Crippen LogP contribution is -2.69. The maximum Gasteiger partial charge on any atom is 0.335 e. The normalized spacial score (nSPS) is 53.6. The molecule has 38 atom stereocenters. The summed E-state index contributed by atoms with van der Waals surface area (Å²) in [7, 11) is 0. The molecule has 0 aromatic rings. The molecule has 4 saturated carbocycles. The van der Waals surface area contributed by atoms with Gasteiger partial charge in [-0.1, -0.05) is 53.2 Å². The fraction of sp³-hybridized carbons (Fsp3) is 0.924. The number of esters is 2. The number of aliphatic hydroxyl groups is 16. The van der Waals surface area contributed by atoms with Crippen LogP contribution in [0.5, 0.6) is 0 Å². The maximum absolute atomic E-state index is 16.1. The second-order valence-electron chi connectivity index (χ2n) is 31.5. The number of hydrogen-bond acceptors (Lipinski definition) is 32. The van der Waals surface area contributed by atoms with E-state index in [1.807, 2.05) is 6.92 Å². The number of allylic oxidation sites excluding steroid dienone is 2. The number of hydrogen-bond donors (Lipinski definition) is 17. The zero-order chi connectivity index (χ0) is 72.5. The van der Waals surface area contributed by atoms with Crippen molar-refractivity contribution in [2.75, 3.05) is 26.4 Å². The number of carbonyl (C=O) groups excluding carboxylic acids is 2. The van der Waals surface area contributed by atoms with Gasteiger partial charge in [-0.15, -0.1) is 0 Å². The minimum atomic E-state index is -2.11. The summed E-state index contributed by atoms with van der Waals surface area (Å²) < 4.78 is 79.0. The fourth-order valence-corrected chi connectivity index (χ4v) is 19.3. The Kier molecular flexibility index (Phi) is 22.4. The van der Waals surface area contributed by atoms with Gasteiger partial charge in [-0.2, -0.15) is 0 Å². The van der Waals surface area contributed by atoms with E-state index in [2.05, 4.69) is 40.7 Å². The van der Waals surface area contributed by atoms with Gasteiger partial charge >= 0.3 is 17.9 Å². The summed E-state index contributed by atoms with van der Waals surface area (Å²) in [5, 5.41) is 187. The zero-order valence-electron chi connectivity index (χ0n) is 57.0. The van der Waals surface area contributed by atoms with E-state index < -0.39 is 267 Å².